The number of pyridine rings is 1. The van der Waals surface area contributed by atoms with E-state index in [1.165, 1.54) is 19.1 Å². The zero-order valence-corrected chi connectivity index (χ0v) is 16.7. The summed E-state index contributed by atoms with van der Waals surface area (Å²) < 4.78 is 10.5. The van der Waals surface area contributed by atoms with Crippen LogP contribution in [-0.2, 0) is 9.59 Å². The first-order valence-corrected chi connectivity index (χ1v) is 9.44. The van der Waals surface area contributed by atoms with Crippen molar-refractivity contribution in [3.05, 3.63) is 59.4 Å². The molecule has 0 radical (unpaired) electrons. The minimum Gasteiger partial charge on any atom is -0.507 e. The van der Waals surface area contributed by atoms with Gasteiger partial charge in [0.25, 0.3) is 11.7 Å². The maximum absolute atomic E-state index is 12.9. The summed E-state index contributed by atoms with van der Waals surface area (Å²) in [7, 11) is 3.00. The van der Waals surface area contributed by atoms with E-state index < -0.39 is 17.7 Å². The van der Waals surface area contributed by atoms with Crippen molar-refractivity contribution in [1.82, 2.24) is 9.88 Å². The molecule has 1 saturated heterocycles. The van der Waals surface area contributed by atoms with Crippen LogP contribution in [0.5, 0.6) is 11.5 Å². The molecule has 0 saturated carbocycles. The number of Topliss-reactive ketones (excluding diaryl/α,β-unsaturated/α-hetero) is 1. The monoisotopic (exact) mass is 396 g/mol. The maximum atomic E-state index is 12.9. The highest BCUT2D eigenvalue weighted by molar-refractivity contribution is 6.46. The van der Waals surface area contributed by atoms with Crippen LogP contribution >= 0.6 is 0 Å². The topological polar surface area (TPSA) is 89.0 Å². The number of unbranched alkanes of at least 4 members (excludes halogenated alkanes) is 1. The maximum Gasteiger partial charge on any atom is 0.295 e. The van der Waals surface area contributed by atoms with Gasteiger partial charge < -0.3 is 19.5 Å². The molecule has 3 rings (SSSR count). The van der Waals surface area contributed by atoms with Gasteiger partial charge in [0, 0.05) is 24.5 Å². The molecule has 1 aromatic heterocycles. The van der Waals surface area contributed by atoms with E-state index in [0.29, 0.717) is 23.6 Å². The van der Waals surface area contributed by atoms with Gasteiger partial charge in [0.05, 0.1) is 25.8 Å². The second kappa shape index (κ2) is 8.77. The summed E-state index contributed by atoms with van der Waals surface area (Å²) in [5, 5.41) is 11.0. The lowest BCUT2D eigenvalue weighted by atomic mass is 9.95. The highest BCUT2D eigenvalue weighted by Crippen LogP contribution is 2.40. The first kappa shape index (κ1) is 20.4. The van der Waals surface area contributed by atoms with Gasteiger partial charge in [0.2, 0.25) is 0 Å². The van der Waals surface area contributed by atoms with Crippen LogP contribution in [0.15, 0.2) is 48.3 Å². The standard InChI is InChI=1S/C22H24N2O5/c1-4-5-12-24-19(14-8-10-23-11-9-14)18(21(26)22(24)27)20(25)15-6-7-16(28-2)17(13-15)29-3/h6-11,13,19,25H,4-5,12H2,1-3H3/b20-18-. The molecule has 2 aromatic rings. The molecule has 1 N–H and O–H groups in total. The third kappa shape index (κ3) is 3.81. The normalized spacial score (nSPS) is 18.2. The van der Waals surface area contributed by atoms with Gasteiger partial charge in [0.1, 0.15) is 5.76 Å². The largest absolute Gasteiger partial charge is 0.507 e. The average molecular weight is 396 g/mol. The summed E-state index contributed by atoms with van der Waals surface area (Å²) in [5.74, 6) is -0.641. The van der Waals surface area contributed by atoms with E-state index in [0.717, 1.165) is 18.4 Å². The molecule has 1 fully saturated rings. The van der Waals surface area contributed by atoms with Crippen molar-refractivity contribution in [3.63, 3.8) is 0 Å². The van der Waals surface area contributed by atoms with Crippen molar-refractivity contribution >= 4 is 17.4 Å². The number of hydrogen-bond donors (Lipinski definition) is 1. The van der Waals surface area contributed by atoms with Crippen LogP contribution in [0.3, 0.4) is 0 Å². The van der Waals surface area contributed by atoms with E-state index in [-0.39, 0.29) is 11.3 Å². The van der Waals surface area contributed by atoms with Gasteiger partial charge in [0.15, 0.2) is 11.5 Å². The number of aliphatic hydroxyl groups is 1. The second-order valence-corrected chi connectivity index (χ2v) is 6.70. The molecule has 2 heterocycles. The van der Waals surface area contributed by atoms with Crippen LogP contribution < -0.4 is 9.47 Å². The summed E-state index contributed by atoms with van der Waals surface area (Å²) in [6, 6.07) is 7.67. The molecule has 0 aliphatic carbocycles. The molecule has 1 atom stereocenters. The van der Waals surface area contributed by atoms with E-state index in [2.05, 4.69) is 4.98 Å². The minimum absolute atomic E-state index is 0.0597. The van der Waals surface area contributed by atoms with Crippen molar-refractivity contribution in [2.45, 2.75) is 25.8 Å². The fraction of sp³-hybridized carbons (Fsp3) is 0.318. The molecule has 0 bridgehead atoms. The Kier molecular flexibility index (Phi) is 6.16. The van der Waals surface area contributed by atoms with E-state index >= 15 is 0 Å². The Balaban J connectivity index is 2.15. The van der Waals surface area contributed by atoms with Crippen LogP contribution in [0.2, 0.25) is 0 Å². The Morgan fingerprint density at radius 3 is 2.41 bits per heavy atom. The lowest BCUT2D eigenvalue weighted by Crippen LogP contribution is -2.30. The van der Waals surface area contributed by atoms with Crippen molar-refractivity contribution in [3.8, 4) is 11.5 Å². The van der Waals surface area contributed by atoms with Gasteiger partial charge in [-0.2, -0.15) is 0 Å². The molecule has 152 valence electrons. The van der Waals surface area contributed by atoms with Gasteiger partial charge in [-0.1, -0.05) is 13.3 Å². The zero-order chi connectivity index (χ0) is 21.0. The Hall–Kier alpha value is -3.35. The summed E-state index contributed by atoms with van der Waals surface area (Å²) in [5.41, 5.74) is 1.15. The van der Waals surface area contributed by atoms with E-state index in [4.69, 9.17) is 9.47 Å². The average Bonchev–Trinajstić information content (AvgIpc) is 3.01. The highest BCUT2D eigenvalue weighted by Gasteiger charge is 2.45. The summed E-state index contributed by atoms with van der Waals surface area (Å²) >= 11 is 0. The van der Waals surface area contributed by atoms with Crippen LogP contribution in [0.1, 0.15) is 36.9 Å². The Labute approximate surface area is 169 Å². The number of aromatic nitrogens is 1. The summed E-state index contributed by atoms with van der Waals surface area (Å²) in [6.07, 6.45) is 4.84. The molecule has 1 aliphatic rings. The lowest BCUT2D eigenvalue weighted by Gasteiger charge is -2.25. The number of likely N-dealkylation sites (tertiary alicyclic amines) is 1. The SMILES string of the molecule is CCCCN1C(=O)C(=O)/C(=C(\O)c2ccc(OC)c(OC)c2)C1c1ccncc1. The quantitative estimate of drug-likeness (QED) is 0.439. The molecule has 1 unspecified atom stereocenters. The van der Waals surface area contributed by atoms with Crippen LogP contribution in [0.25, 0.3) is 5.76 Å². The smallest absolute Gasteiger partial charge is 0.295 e. The van der Waals surface area contributed by atoms with Crippen LogP contribution in [-0.4, -0.2) is 47.4 Å². The first-order chi connectivity index (χ1) is 14.0. The van der Waals surface area contributed by atoms with Crippen molar-refractivity contribution < 1.29 is 24.2 Å². The molecule has 7 heteroatoms. The van der Waals surface area contributed by atoms with Gasteiger partial charge in [-0.05, 0) is 42.3 Å². The molecule has 1 amide bonds. The number of carbonyl (C=O) groups is 2. The number of aliphatic hydroxyl groups excluding tert-OH is 1. The third-order valence-electron chi connectivity index (χ3n) is 4.97. The number of hydrogen-bond acceptors (Lipinski definition) is 6. The van der Waals surface area contributed by atoms with Crippen LogP contribution in [0.4, 0.5) is 0 Å². The Morgan fingerprint density at radius 2 is 1.79 bits per heavy atom. The van der Waals surface area contributed by atoms with Gasteiger partial charge >= 0.3 is 0 Å². The number of amides is 1. The zero-order valence-electron chi connectivity index (χ0n) is 16.7. The van der Waals surface area contributed by atoms with Gasteiger partial charge in [-0.25, -0.2) is 0 Å². The minimum atomic E-state index is -0.699. The fourth-order valence-corrected chi connectivity index (χ4v) is 3.47. The van der Waals surface area contributed by atoms with E-state index in [9.17, 15) is 14.7 Å². The molecular weight excluding hydrogens is 372 g/mol. The summed E-state index contributed by atoms with van der Waals surface area (Å²) in [4.78, 5) is 31.1. The lowest BCUT2D eigenvalue weighted by molar-refractivity contribution is -0.139. The number of benzene rings is 1. The van der Waals surface area contributed by atoms with Gasteiger partial charge in [-0.15, -0.1) is 0 Å². The molecular formula is C22H24N2O5. The number of ether oxygens (including phenoxy) is 2. The second-order valence-electron chi connectivity index (χ2n) is 6.70. The van der Waals surface area contributed by atoms with E-state index in [1.807, 2.05) is 6.92 Å². The third-order valence-corrected chi connectivity index (χ3v) is 4.97. The van der Waals surface area contributed by atoms with Crippen molar-refractivity contribution in [2.24, 2.45) is 0 Å². The van der Waals surface area contributed by atoms with Crippen molar-refractivity contribution in [1.29, 1.82) is 0 Å². The molecule has 1 aliphatic heterocycles. The predicted molar refractivity (Wildman–Crippen MR) is 108 cm³/mol. The summed E-state index contributed by atoms with van der Waals surface area (Å²) in [6.45, 7) is 2.44. The Morgan fingerprint density at radius 1 is 1.10 bits per heavy atom. The first-order valence-electron chi connectivity index (χ1n) is 9.44. The predicted octanol–water partition coefficient (Wildman–Crippen LogP) is 3.32. The fourth-order valence-electron chi connectivity index (χ4n) is 3.47. The number of ketones is 1. The number of carbonyl (C=O) groups excluding carboxylic acids is 2. The van der Waals surface area contributed by atoms with Gasteiger partial charge in [-0.3, -0.25) is 14.6 Å². The Bertz CT molecular complexity index is 939. The highest BCUT2D eigenvalue weighted by atomic mass is 16.5. The van der Waals surface area contributed by atoms with E-state index in [1.54, 1.807) is 42.7 Å². The molecule has 0 spiro atoms. The molecule has 29 heavy (non-hydrogen) atoms. The van der Waals surface area contributed by atoms with Crippen LogP contribution in [0, 0.1) is 0 Å². The number of nitrogens with zero attached hydrogens (tertiary/aromatic N) is 2. The number of methoxy groups -OCH3 is 2. The molecule has 7 nitrogen and oxygen atoms in total. The van der Waals surface area contributed by atoms with Crippen molar-refractivity contribution in [2.75, 3.05) is 20.8 Å². The number of rotatable bonds is 7. The molecule has 1 aromatic carbocycles.